The number of hydrogen-bond acceptors (Lipinski definition) is 6. The van der Waals surface area contributed by atoms with E-state index >= 15 is 0 Å². The molecule has 1 aromatic heterocycles. The number of nitrogens with zero attached hydrogens (tertiary/aromatic N) is 4. The second-order valence-corrected chi connectivity index (χ2v) is 7.58. The van der Waals surface area contributed by atoms with Crippen LogP contribution < -0.4 is 10.1 Å². The SMILES string of the molecule is CN=C(NCCCCCc1nc(-c2ccc(OC)cc2)no1)N1CCC(COC)C1.I. The van der Waals surface area contributed by atoms with Crippen molar-refractivity contribution in [1.82, 2.24) is 20.4 Å². The first-order chi connectivity index (χ1) is 14.7. The quantitative estimate of drug-likeness (QED) is 0.212. The maximum atomic E-state index is 5.39. The van der Waals surface area contributed by atoms with Crippen molar-refractivity contribution < 1.29 is 14.0 Å². The van der Waals surface area contributed by atoms with Crippen LogP contribution in [0.4, 0.5) is 0 Å². The monoisotopic (exact) mass is 543 g/mol. The maximum absolute atomic E-state index is 5.39. The number of ether oxygens (including phenoxy) is 2. The van der Waals surface area contributed by atoms with Gasteiger partial charge in [-0.15, -0.1) is 24.0 Å². The maximum Gasteiger partial charge on any atom is 0.226 e. The summed E-state index contributed by atoms with van der Waals surface area (Å²) in [5, 5.41) is 7.57. The second kappa shape index (κ2) is 13.5. The van der Waals surface area contributed by atoms with E-state index in [0.717, 1.165) is 75.6 Å². The smallest absolute Gasteiger partial charge is 0.226 e. The normalized spacial score (nSPS) is 16.3. The van der Waals surface area contributed by atoms with Crippen molar-refractivity contribution in [1.29, 1.82) is 0 Å². The van der Waals surface area contributed by atoms with Crippen molar-refractivity contribution in [3.8, 4) is 17.1 Å². The van der Waals surface area contributed by atoms with E-state index in [1.165, 1.54) is 0 Å². The van der Waals surface area contributed by atoms with Gasteiger partial charge in [0.25, 0.3) is 0 Å². The molecule has 1 aliphatic heterocycles. The number of halogens is 1. The average Bonchev–Trinajstić information content (AvgIpc) is 3.44. The van der Waals surface area contributed by atoms with Crippen molar-refractivity contribution in [3.05, 3.63) is 30.2 Å². The van der Waals surface area contributed by atoms with Crippen LogP contribution in [0, 0.1) is 5.92 Å². The first kappa shape index (κ1) is 25.4. The molecular weight excluding hydrogens is 509 g/mol. The third-order valence-corrected chi connectivity index (χ3v) is 5.37. The molecule has 1 aromatic carbocycles. The third kappa shape index (κ3) is 7.64. The van der Waals surface area contributed by atoms with Gasteiger partial charge in [-0.2, -0.15) is 4.98 Å². The van der Waals surface area contributed by atoms with Gasteiger partial charge in [0.15, 0.2) is 5.96 Å². The van der Waals surface area contributed by atoms with Crippen LogP contribution in [-0.4, -0.2) is 68.5 Å². The van der Waals surface area contributed by atoms with E-state index in [4.69, 9.17) is 14.0 Å². The van der Waals surface area contributed by atoms with Gasteiger partial charge >= 0.3 is 0 Å². The average molecular weight is 543 g/mol. The summed E-state index contributed by atoms with van der Waals surface area (Å²) < 4.78 is 15.8. The highest BCUT2D eigenvalue weighted by molar-refractivity contribution is 14.0. The van der Waals surface area contributed by atoms with Crippen molar-refractivity contribution in [2.24, 2.45) is 10.9 Å². The Balaban J connectivity index is 0.00000341. The van der Waals surface area contributed by atoms with Crippen LogP contribution in [-0.2, 0) is 11.2 Å². The predicted octanol–water partition coefficient (Wildman–Crippen LogP) is 3.62. The number of guanidine groups is 1. The molecule has 1 unspecified atom stereocenters. The Morgan fingerprint density at radius 2 is 2.03 bits per heavy atom. The van der Waals surface area contributed by atoms with Gasteiger partial charge in [-0.1, -0.05) is 11.6 Å². The molecule has 0 saturated carbocycles. The molecule has 8 nitrogen and oxygen atoms in total. The van der Waals surface area contributed by atoms with E-state index < -0.39 is 0 Å². The summed E-state index contributed by atoms with van der Waals surface area (Å²) in [5.41, 5.74) is 0.927. The highest BCUT2D eigenvalue weighted by Gasteiger charge is 2.24. The van der Waals surface area contributed by atoms with Gasteiger partial charge in [-0.25, -0.2) is 0 Å². The van der Waals surface area contributed by atoms with Crippen LogP contribution in [0.5, 0.6) is 5.75 Å². The summed E-state index contributed by atoms with van der Waals surface area (Å²) in [7, 11) is 5.27. The number of aromatic nitrogens is 2. The standard InChI is InChI=1S/C22H33N5O3.HI/c1-23-22(27-14-12-17(15-27)16-28-2)24-13-6-4-5-7-20-25-21(26-30-20)18-8-10-19(29-3)11-9-18;/h8-11,17H,4-7,12-16H2,1-3H3,(H,23,24);1H. The first-order valence-corrected chi connectivity index (χ1v) is 10.6. The molecule has 2 aromatic rings. The summed E-state index contributed by atoms with van der Waals surface area (Å²) in [6.07, 6.45) is 5.15. The van der Waals surface area contributed by atoms with E-state index in [-0.39, 0.29) is 24.0 Å². The van der Waals surface area contributed by atoms with Gasteiger partial charge in [-0.3, -0.25) is 4.99 Å². The van der Waals surface area contributed by atoms with E-state index in [1.807, 2.05) is 31.3 Å². The summed E-state index contributed by atoms with van der Waals surface area (Å²) >= 11 is 0. The largest absolute Gasteiger partial charge is 0.497 e. The topological polar surface area (TPSA) is 85.0 Å². The summed E-state index contributed by atoms with van der Waals surface area (Å²) in [4.78, 5) is 11.2. The molecule has 172 valence electrons. The summed E-state index contributed by atoms with van der Waals surface area (Å²) in [6, 6.07) is 7.66. The molecular formula is C22H34IN5O3. The molecule has 1 atom stereocenters. The Kier molecular flexibility index (Phi) is 11.1. The minimum Gasteiger partial charge on any atom is -0.497 e. The Bertz CT molecular complexity index is 797. The lowest BCUT2D eigenvalue weighted by molar-refractivity contribution is 0.157. The van der Waals surface area contributed by atoms with Crippen LogP contribution in [0.1, 0.15) is 31.6 Å². The minimum atomic E-state index is 0. The Labute approximate surface area is 201 Å². The van der Waals surface area contributed by atoms with Crippen molar-refractivity contribution >= 4 is 29.9 Å². The van der Waals surface area contributed by atoms with Crippen LogP contribution in [0.2, 0.25) is 0 Å². The highest BCUT2D eigenvalue weighted by Crippen LogP contribution is 2.20. The molecule has 1 aliphatic rings. The number of methoxy groups -OCH3 is 2. The highest BCUT2D eigenvalue weighted by atomic mass is 127. The molecule has 0 aliphatic carbocycles. The number of benzene rings is 1. The Morgan fingerprint density at radius 1 is 1.23 bits per heavy atom. The number of aliphatic imine (C=N–C) groups is 1. The van der Waals surface area contributed by atoms with Gasteiger partial charge in [0.2, 0.25) is 11.7 Å². The second-order valence-electron chi connectivity index (χ2n) is 7.58. The zero-order valence-corrected chi connectivity index (χ0v) is 21.0. The first-order valence-electron chi connectivity index (χ1n) is 10.6. The fraction of sp³-hybridized carbons (Fsp3) is 0.591. The van der Waals surface area contributed by atoms with Crippen LogP contribution in [0.15, 0.2) is 33.8 Å². The minimum absolute atomic E-state index is 0. The van der Waals surface area contributed by atoms with Gasteiger partial charge in [0.1, 0.15) is 5.75 Å². The molecule has 2 heterocycles. The lowest BCUT2D eigenvalue weighted by Gasteiger charge is -2.21. The zero-order chi connectivity index (χ0) is 21.2. The number of likely N-dealkylation sites (tertiary alicyclic amines) is 1. The third-order valence-electron chi connectivity index (χ3n) is 5.37. The van der Waals surface area contributed by atoms with E-state index in [0.29, 0.717) is 17.6 Å². The summed E-state index contributed by atoms with van der Waals surface area (Å²) in [6.45, 7) is 3.80. The van der Waals surface area contributed by atoms with Crippen molar-refractivity contribution in [3.63, 3.8) is 0 Å². The molecule has 1 saturated heterocycles. The van der Waals surface area contributed by atoms with Gasteiger partial charge in [-0.05, 0) is 43.5 Å². The van der Waals surface area contributed by atoms with Crippen LogP contribution in [0.25, 0.3) is 11.4 Å². The van der Waals surface area contributed by atoms with Crippen molar-refractivity contribution in [2.45, 2.75) is 32.1 Å². The molecule has 1 N–H and O–H groups in total. The predicted molar refractivity (Wildman–Crippen MR) is 132 cm³/mol. The molecule has 9 heteroatoms. The van der Waals surface area contributed by atoms with Gasteiger partial charge < -0.3 is 24.2 Å². The molecule has 0 bridgehead atoms. The Hall–Kier alpha value is -1.88. The zero-order valence-electron chi connectivity index (χ0n) is 18.7. The lowest BCUT2D eigenvalue weighted by atomic mass is 10.1. The Morgan fingerprint density at radius 3 is 2.74 bits per heavy atom. The van der Waals surface area contributed by atoms with Crippen molar-refractivity contribution in [2.75, 3.05) is 47.5 Å². The number of aryl methyl sites for hydroxylation is 1. The fourth-order valence-corrected chi connectivity index (χ4v) is 3.72. The van der Waals surface area contributed by atoms with E-state index in [9.17, 15) is 0 Å². The van der Waals surface area contributed by atoms with Gasteiger partial charge in [0, 0.05) is 51.7 Å². The van der Waals surface area contributed by atoms with Crippen LogP contribution >= 0.6 is 24.0 Å². The molecule has 3 rings (SSSR count). The molecule has 31 heavy (non-hydrogen) atoms. The number of rotatable bonds is 10. The fourth-order valence-electron chi connectivity index (χ4n) is 3.72. The molecule has 0 radical (unpaired) electrons. The van der Waals surface area contributed by atoms with E-state index in [2.05, 4.69) is 25.3 Å². The number of unbranched alkanes of at least 4 members (excludes halogenated alkanes) is 2. The summed E-state index contributed by atoms with van der Waals surface area (Å²) in [5.74, 6) is 3.72. The number of hydrogen-bond donors (Lipinski definition) is 1. The number of nitrogens with one attached hydrogen (secondary N) is 1. The molecule has 1 fully saturated rings. The van der Waals surface area contributed by atoms with Gasteiger partial charge in [0.05, 0.1) is 13.7 Å². The molecule has 0 spiro atoms. The van der Waals surface area contributed by atoms with Crippen LogP contribution in [0.3, 0.4) is 0 Å². The molecule has 0 amide bonds. The van der Waals surface area contributed by atoms with E-state index in [1.54, 1.807) is 14.2 Å². The lowest BCUT2D eigenvalue weighted by Crippen LogP contribution is -2.40.